The SMILES string of the molecule is CN(C(=O)OC(C)(C)C)c1cccc2c1CCC2=O.COC(=O)C1Cc2c(cccc2N(C)C(=O)OC(C)(C)C)C1=O.COC(C)=O.[H-].[Na+]. The van der Waals surface area contributed by atoms with Crippen LogP contribution in [0.5, 0.6) is 0 Å². The summed E-state index contributed by atoms with van der Waals surface area (Å²) < 4.78 is 19.5. The van der Waals surface area contributed by atoms with Crippen LogP contribution in [0.1, 0.15) is 88.2 Å². The molecule has 2 aromatic rings. The number of nitrogens with zero attached hydrogens (tertiary/aromatic N) is 2. The van der Waals surface area contributed by atoms with Crippen molar-refractivity contribution in [3.05, 3.63) is 58.7 Å². The van der Waals surface area contributed by atoms with Crippen LogP contribution in [0.4, 0.5) is 21.0 Å². The fourth-order valence-corrected chi connectivity index (χ4v) is 4.79. The van der Waals surface area contributed by atoms with Crippen LogP contribution in [-0.2, 0) is 41.4 Å². The number of hydrogen-bond acceptors (Lipinski definition) is 10. The molecule has 2 aliphatic rings. The summed E-state index contributed by atoms with van der Waals surface area (Å²) in [4.78, 5) is 72.5. The standard InChI is InChI=1S/C17H21NO5.C15H19NO3.C3H6O2.Na.H/c1-17(2,3)23-16(21)18(4)13-8-6-7-10-11(13)9-12(14(10)19)15(20)22-5;1-15(2,3)19-14(18)16(4)12-7-5-6-11-10(12)8-9-13(11)17;1-3(4)5-2;;/h6-8,12H,9H2,1-5H3;5-7H,8-9H2,1-4H3;1-2H3;;/q;;;+1;-1. The molecule has 0 saturated carbocycles. The predicted molar refractivity (Wildman–Crippen MR) is 177 cm³/mol. The molecule has 0 saturated heterocycles. The van der Waals surface area contributed by atoms with E-state index in [-0.39, 0.29) is 54.9 Å². The summed E-state index contributed by atoms with van der Waals surface area (Å²) in [5.74, 6) is -1.77. The molecule has 12 nitrogen and oxygen atoms in total. The topological polar surface area (TPSA) is 146 Å². The van der Waals surface area contributed by atoms with Gasteiger partial charge in [0.15, 0.2) is 11.6 Å². The fourth-order valence-electron chi connectivity index (χ4n) is 4.79. The minimum Gasteiger partial charge on any atom is -1.00 e. The van der Waals surface area contributed by atoms with Crippen LogP contribution in [0, 0.1) is 5.92 Å². The van der Waals surface area contributed by atoms with Gasteiger partial charge in [-0.3, -0.25) is 29.0 Å². The van der Waals surface area contributed by atoms with E-state index in [9.17, 15) is 28.8 Å². The monoisotopic (exact) mass is 678 g/mol. The van der Waals surface area contributed by atoms with Gasteiger partial charge in [0, 0.05) is 38.6 Å². The second-order valence-electron chi connectivity index (χ2n) is 12.9. The van der Waals surface area contributed by atoms with E-state index in [4.69, 9.17) is 9.47 Å². The van der Waals surface area contributed by atoms with Gasteiger partial charge >= 0.3 is 53.7 Å². The molecule has 2 amide bonds. The number of esters is 2. The molecule has 0 fully saturated rings. The molecular weight excluding hydrogens is 631 g/mol. The summed E-state index contributed by atoms with van der Waals surface area (Å²) in [6.45, 7) is 12.2. The Labute approximate surface area is 306 Å². The van der Waals surface area contributed by atoms with Crippen molar-refractivity contribution >= 4 is 47.1 Å². The molecule has 0 bridgehead atoms. The van der Waals surface area contributed by atoms with Crippen LogP contribution in [0.2, 0.25) is 0 Å². The Hall–Kier alpha value is -3.74. The zero-order valence-corrected chi connectivity index (χ0v) is 32.1. The van der Waals surface area contributed by atoms with Gasteiger partial charge in [-0.15, -0.1) is 0 Å². The van der Waals surface area contributed by atoms with E-state index in [1.165, 1.54) is 30.9 Å². The zero-order chi connectivity index (χ0) is 35.9. The van der Waals surface area contributed by atoms with Crippen LogP contribution >= 0.6 is 0 Å². The van der Waals surface area contributed by atoms with Gasteiger partial charge in [-0.25, -0.2) is 9.59 Å². The van der Waals surface area contributed by atoms with Gasteiger partial charge in [0.05, 0.1) is 25.6 Å². The Bertz CT molecular complexity index is 1530. The summed E-state index contributed by atoms with van der Waals surface area (Å²) in [6.07, 6.45) is 0.524. The number of anilines is 2. The third-order valence-electron chi connectivity index (χ3n) is 7.03. The van der Waals surface area contributed by atoms with Crippen LogP contribution < -0.4 is 39.4 Å². The first kappa shape index (κ1) is 42.3. The number of amides is 2. The second kappa shape index (κ2) is 17.6. The molecule has 4 rings (SSSR count). The fraction of sp³-hybridized carbons (Fsp3) is 0.486. The van der Waals surface area contributed by atoms with Gasteiger partial charge in [-0.2, -0.15) is 0 Å². The molecule has 2 aromatic carbocycles. The first-order chi connectivity index (χ1) is 21.7. The number of carbonyl (C=O) groups excluding carboxylic acids is 6. The van der Waals surface area contributed by atoms with E-state index >= 15 is 0 Å². The van der Waals surface area contributed by atoms with Crippen molar-refractivity contribution < 1.29 is 78.7 Å². The number of fused-ring (bicyclic) bond motifs is 2. The molecule has 0 aromatic heterocycles. The van der Waals surface area contributed by atoms with Crippen molar-refractivity contribution in [1.82, 2.24) is 0 Å². The van der Waals surface area contributed by atoms with E-state index in [0.717, 1.165) is 16.8 Å². The molecule has 1 atom stereocenters. The summed E-state index contributed by atoms with van der Waals surface area (Å²) in [5.41, 5.74) is 2.98. The van der Waals surface area contributed by atoms with E-state index in [1.807, 2.05) is 32.9 Å². The molecule has 0 heterocycles. The summed E-state index contributed by atoms with van der Waals surface area (Å²) in [5, 5.41) is 0. The number of carbonyl (C=O) groups is 6. The summed E-state index contributed by atoms with van der Waals surface area (Å²) >= 11 is 0. The van der Waals surface area contributed by atoms with Crippen molar-refractivity contribution in [2.45, 2.75) is 78.9 Å². The molecule has 48 heavy (non-hydrogen) atoms. The quantitative estimate of drug-likeness (QED) is 0.206. The maximum absolute atomic E-state index is 12.3. The number of Topliss-reactive ketones (excluding diaryl/α,β-unsaturated/α-hetero) is 2. The first-order valence-electron chi connectivity index (χ1n) is 15.1. The molecule has 0 radical (unpaired) electrons. The van der Waals surface area contributed by atoms with E-state index in [1.54, 1.807) is 59.1 Å². The predicted octanol–water partition coefficient (Wildman–Crippen LogP) is 3.07. The number of hydrogen-bond donors (Lipinski definition) is 0. The van der Waals surface area contributed by atoms with Crippen molar-refractivity contribution in [1.29, 1.82) is 0 Å². The molecule has 1 unspecified atom stereocenters. The van der Waals surface area contributed by atoms with Crippen LogP contribution in [0.25, 0.3) is 0 Å². The number of rotatable bonds is 3. The van der Waals surface area contributed by atoms with Gasteiger partial charge in [0.25, 0.3) is 0 Å². The smallest absolute Gasteiger partial charge is 1.00 e. The Kier molecular flexibility index (Phi) is 15.5. The molecular formula is C35H47N2NaO10. The zero-order valence-electron chi connectivity index (χ0n) is 31.1. The minimum atomic E-state index is -0.844. The number of methoxy groups -OCH3 is 2. The Morgan fingerprint density at radius 1 is 0.729 bits per heavy atom. The molecule has 13 heteroatoms. The van der Waals surface area contributed by atoms with E-state index in [0.29, 0.717) is 29.7 Å². The van der Waals surface area contributed by atoms with Crippen LogP contribution in [0.3, 0.4) is 0 Å². The number of ether oxygens (including phenoxy) is 4. The van der Waals surface area contributed by atoms with Crippen molar-refractivity contribution in [3.63, 3.8) is 0 Å². The molecule has 0 aliphatic heterocycles. The Morgan fingerprint density at radius 2 is 1.17 bits per heavy atom. The minimum absolute atomic E-state index is 0. The van der Waals surface area contributed by atoms with E-state index in [2.05, 4.69) is 9.47 Å². The van der Waals surface area contributed by atoms with Crippen molar-refractivity contribution in [3.8, 4) is 0 Å². The Morgan fingerprint density at radius 3 is 1.58 bits per heavy atom. The van der Waals surface area contributed by atoms with Gasteiger partial charge in [0.1, 0.15) is 17.1 Å². The van der Waals surface area contributed by atoms with Crippen molar-refractivity contribution in [2.75, 3.05) is 38.1 Å². The molecule has 0 N–H and O–H groups in total. The largest absolute Gasteiger partial charge is 1.00 e. The Balaban J connectivity index is 0.000000807. The summed E-state index contributed by atoms with van der Waals surface area (Å²) in [7, 11) is 5.86. The molecule has 258 valence electrons. The normalized spacial score (nSPS) is 14.4. The second-order valence-corrected chi connectivity index (χ2v) is 12.9. The van der Waals surface area contributed by atoms with Crippen molar-refractivity contribution in [2.24, 2.45) is 5.92 Å². The average Bonchev–Trinajstić information content (AvgIpc) is 3.54. The summed E-state index contributed by atoms with van der Waals surface area (Å²) in [6, 6.07) is 10.5. The maximum atomic E-state index is 12.3. The van der Waals surface area contributed by atoms with Gasteiger partial charge < -0.3 is 20.4 Å². The van der Waals surface area contributed by atoms with Crippen LogP contribution in [0.15, 0.2) is 36.4 Å². The third-order valence-corrected chi connectivity index (χ3v) is 7.03. The molecule has 0 spiro atoms. The van der Waals surface area contributed by atoms with Gasteiger partial charge in [-0.1, -0.05) is 24.3 Å². The van der Waals surface area contributed by atoms with E-state index < -0.39 is 35.3 Å². The number of ketones is 2. The molecule has 2 aliphatic carbocycles. The van der Waals surface area contributed by atoms with Gasteiger partial charge in [-0.05, 0) is 77.6 Å². The maximum Gasteiger partial charge on any atom is 1.00 e. The average molecular weight is 679 g/mol. The van der Waals surface area contributed by atoms with Crippen LogP contribution in [-0.4, -0.2) is 75.2 Å². The third kappa shape index (κ3) is 11.5. The first-order valence-corrected chi connectivity index (χ1v) is 15.1. The van der Waals surface area contributed by atoms with Gasteiger partial charge in [0.2, 0.25) is 0 Å². The number of benzene rings is 2.